The van der Waals surface area contributed by atoms with E-state index in [-0.39, 0.29) is 11.1 Å². The van der Waals surface area contributed by atoms with Crippen molar-refractivity contribution in [2.24, 2.45) is 0 Å². The van der Waals surface area contributed by atoms with Crippen LogP contribution >= 0.6 is 0 Å². The van der Waals surface area contributed by atoms with Crippen LogP contribution in [0.5, 0.6) is 5.75 Å². The lowest BCUT2D eigenvalue weighted by molar-refractivity contribution is 0.0600. The number of hydrogen-bond donors (Lipinski definition) is 0. The summed E-state index contributed by atoms with van der Waals surface area (Å²) in [7, 11) is 2.89. The maximum Gasteiger partial charge on any atom is 0.341 e. The Kier molecular flexibility index (Phi) is 4.41. The summed E-state index contributed by atoms with van der Waals surface area (Å²) in [4.78, 5) is 25.4. The molecule has 2 aromatic rings. The fraction of sp³-hybridized carbons (Fsp3) is 0.0952. The number of ether oxygens (including phenoxy) is 2. The zero-order valence-corrected chi connectivity index (χ0v) is 15.3. The van der Waals surface area contributed by atoms with E-state index in [0.29, 0.717) is 22.7 Å². The van der Waals surface area contributed by atoms with Crippen LogP contribution in [0, 0.1) is 0 Å². The number of aromatic nitrogens is 3. The standard InChI is InChI=1S/C21H17N3O4/c1-27-16-10-8-14(9-11-16)23-12-17-19(18(13-23)21(26)28-2)22-24(20(17)25)15-6-4-3-5-7-15/h3-13H,1-2H3. The Morgan fingerprint density at radius 2 is 1.64 bits per heavy atom. The molecular weight excluding hydrogens is 358 g/mol. The molecule has 7 nitrogen and oxygen atoms in total. The summed E-state index contributed by atoms with van der Waals surface area (Å²) in [6, 6.07) is 16.3. The maximum atomic E-state index is 13.0. The molecule has 0 spiro atoms. The van der Waals surface area contributed by atoms with E-state index in [9.17, 15) is 9.59 Å². The summed E-state index contributed by atoms with van der Waals surface area (Å²) in [5.74, 6) is 0.144. The molecule has 0 bridgehead atoms. The van der Waals surface area contributed by atoms with Crippen molar-refractivity contribution in [3.8, 4) is 28.4 Å². The molecule has 2 aliphatic heterocycles. The number of hydrogen-bond acceptors (Lipinski definition) is 5. The van der Waals surface area contributed by atoms with Crippen molar-refractivity contribution in [1.82, 2.24) is 14.3 Å². The fourth-order valence-electron chi connectivity index (χ4n) is 3.01. The predicted molar refractivity (Wildman–Crippen MR) is 104 cm³/mol. The number of pyridine rings is 1. The molecule has 0 aromatic heterocycles. The highest BCUT2D eigenvalue weighted by molar-refractivity contribution is 5.96. The largest absolute Gasteiger partial charge is 0.497 e. The van der Waals surface area contributed by atoms with Gasteiger partial charge in [-0.3, -0.25) is 4.79 Å². The molecule has 4 rings (SSSR count). The normalized spacial score (nSPS) is 10.8. The molecule has 2 aliphatic rings. The summed E-state index contributed by atoms with van der Waals surface area (Å²) < 4.78 is 13.1. The minimum atomic E-state index is -0.564. The first-order chi connectivity index (χ1) is 13.6. The minimum absolute atomic E-state index is 0.211. The second-order valence-electron chi connectivity index (χ2n) is 6.08. The van der Waals surface area contributed by atoms with Crippen molar-refractivity contribution in [2.75, 3.05) is 14.2 Å². The highest BCUT2D eigenvalue weighted by Crippen LogP contribution is 2.25. The molecule has 140 valence electrons. The fourth-order valence-corrected chi connectivity index (χ4v) is 3.01. The number of benzene rings is 2. The second-order valence-corrected chi connectivity index (χ2v) is 6.08. The second kappa shape index (κ2) is 7.03. The third-order valence-electron chi connectivity index (χ3n) is 4.45. The van der Waals surface area contributed by atoms with Gasteiger partial charge in [0.15, 0.2) is 0 Å². The van der Waals surface area contributed by atoms with Gasteiger partial charge in [0, 0.05) is 18.1 Å². The van der Waals surface area contributed by atoms with E-state index in [1.54, 1.807) is 48.3 Å². The van der Waals surface area contributed by atoms with Gasteiger partial charge in [0.25, 0.3) is 5.56 Å². The van der Waals surface area contributed by atoms with Crippen molar-refractivity contribution in [3.05, 3.63) is 82.9 Å². The zero-order chi connectivity index (χ0) is 19.7. The third kappa shape index (κ3) is 2.92. The Morgan fingerprint density at radius 3 is 2.29 bits per heavy atom. The van der Waals surface area contributed by atoms with E-state index in [0.717, 1.165) is 5.69 Å². The van der Waals surface area contributed by atoms with Crippen LogP contribution in [-0.4, -0.2) is 34.5 Å². The molecule has 0 saturated carbocycles. The minimum Gasteiger partial charge on any atom is -0.497 e. The summed E-state index contributed by atoms with van der Waals surface area (Å²) in [5.41, 5.74) is 1.90. The van der Waals surface area contributed by atoms with Crippen LogP contribution < -0.4 is 10.3 Å². The molecule has 0 aliphatic carbocycles. The van der Waals surface area contributed by atoms with Crippen molar-refractivity contribution in [3.63, 3.8) is 0 Å². The molecule has 0 amide bonds. The molecule has 0 radical (unpaired) electrons. The summed E-state index contributed by atoms with van der Waals surface area (Å²) in [6.45, 7) is 0. The Bertz CT molecular complexity index is 1160. The van der Waals surface area contributed by atoms with Crippen molar-refractivity contribution < 1.29 is 14.3 Å². The van der Waals surface area contributed by atoms with Crippen LogP contribution in [0.15, 0.2) is 71.8 Å². The monoisotopic (exact) mass is 375 g/mol. The van der Waals surface area contributed by atoms with Gasteiger partial charge < -0.3 is 14.0 Å². The lowest BCUT2D eigenvalue weighted by Gasteiger charge is -2.12. The Balaban J connectivity index is 1.96. The van der Waals surface area contributed by atoms with Gasteiger partial charge in [-0.1, -0.05) is 18.2 Å². The number of carbonyl (C=O) groups is 1. The van der Waals surface area contributed by atoms with Crippen LogP contribution in [0.3, 0.4) is 0 Å². The summed E-state index contributed by atoms with van der Waals surface area (Å²) in [6.07, 6.45) is 3.27. The number of rotatable bonds is 4. The van der Waals surface area contributed by atoms with Crippen molar-refractivity contribution in [2.45, 2.75) is 0 Å². The maximum absolute atomic E-state index is 13.0. The first-order valence-electron chi connectivity index (χ1n) is 8.55. The zero-order valence-electron chi connectivity index (χ0n) is 15.3. The Morgan fingerprint density at radius 1 is 0.929 bits per heavy atom. The highest BCUT2D eigenvalue weighted by Gasteiger charge is 2.25. The molecule has 2 heterocycles. The number of fused-ring (bicyclic) bond motifs is 1. The third-order valence-corrected chi connectivity index (χ3v) is 4.45. The molecule has 0 atom stereocenters. The summed E-state index contributed by atoms with van der Waals surface area (Å²) >= 11 is 0. The average molecular weight is 375 g/mol. The van der Waals surface area contributed by atoms with Crippen LogP contribution in [0.2, 0.25) is 0 Å². The predicted octanol–water partition coefficient (Wildman–Crippen LogP) is 2.92. The Hall–Kier alpha value is -3.87. The van der Waals surface area contributed by atoms with Crippen LogP contribution in [0.1, 0.15) is 10.4 Å². The van der Waals surface area contributed by atoms with Crippen LogP contribution in [0.25, 0.3) is 22.6 Å². The van der Waals surface area contributed by atoms with Gasteiger partial charge in [-0.15, -0.1) is 0 Å². The average Bonchev–Trinajstić information content (AvgIpc) is 3.09. The van der Waals surface area contributed by atoms with E-state index in [2.05, 4.69) is 5.10 Å². The molecule has 0 fully saturated rings. The number of nitrogens with zero attached hydrogens (tertiary/aromatic N) is 3. The molecule has 0 unspecified atom stereocenters. The van der Waals surface area contributed by atoms with Gasteiger partial charge >= 0.3 is 5.97 Å². The van der Waals surface area contributed by atoms with Gasteiger partial charge in [0.1, 0.15) is 17.0 Å². The quantitative estimate of drug-likeness (QED) is 0.513. The van der Waals surface area contributed by atoms with Crippen molar-refractivity contribution in [1.29, 1.82) is 0 Å². The number of carbonyl (C=O) groups excluding carboxylic acids is 1. The molecule has 7 heteroatoms. The Labute approximate surface area is 160 Å². The molecule has 2 aromatic carbocycles. The first kappa shape index (κ1) is 17.5. The summed E-state index contributed by atoms with van der Waals surface area (Å²) in [5, 5.41) is 4.38. The molecular formula is C21H17N3O4. The highest BCUT2D eigenvalue weighted by atomic mass is 16.5. The van der Waals surface area contributed by atoms with Crippen LogP contribution in [0.4, 0.5) is 0 Å². The first-order valence-corrected chi connectivity index (χ1v) is 8.55. The lowest BCUT2D eigenvalue weighted by Crippen LogP contribution is -2.15. The van der Waals surface area contributed by atoms with Crippen molar-refractivity contribution >= 4 is 5.97 Å². The van der Waals surface area contributed by atoms with E-state index in [4.69, 9.17) is 9.47 Å². The van der Waals surface area contributed by atoms with Gasteiger partial charge in [-0.25, -0.2) is 4.79 Å². The molecule has 0 saturated heterocycles. The SMILES string of the molecule is COC(=O)c1cn(-c2ccc(OC)cc2)cc2c(=O)n(-c3ccccc3)nc1-2. The smallest absolute Gasteiger partial charge is 0.341 e. The number of methoxy groups -OCH3 is 2. The van der Waals surface area contributed by atoms with Gasteiger partial charge in [0.05, 0.1) is 25.5 Å². The number of para-hydroxylation sites is 1. The van der Waals surface area contributed by atoms with E-state index in [1.807, 2.05) is 30.3 Å². The number of esters is 1. The van der Waals surface area contributed by atoms with Gasteiger partial charge in [-0.2, -0.15) is 9.78 Å². The van der Waals surface area contributed by atoms with Gasteiger partial charge in [0.2, 0.25) is 0 Å². The van der Waals surface area contributed by atoms with E-state index < -0.39 is 5.97 Å². The molecule has 0 N–H and O–H groups in total. The van der Waals surface area contributed by atoms with Gasteiger partial charge in [-0.05, 0) is 36.4 Å². The van der Waals surface area contributed by atoms with E-state index >= 15 is 0 Å². The lowest BCUT2D eigenvalue weighted by atomic mass is 10.1. The topological polar surface area (TPSA) is 75.3 Å². The van der Waals surface area contributed by atoms with Crippen LogP contribution in [-0.2, 0) is 4.74 Å². The molecule has 28 heavy (non-hydrogen) atoms. The van der Waals surface area contributed by atoms with E-state index in [1.165, 1.54) is 11.8 Å².